The molecule has 4 nitrogen and oxygen atoms in total. The molecule has 98 valence electrons. The maximum atomic E-state index is 5.75. The molecule has 2 unspecified atom stereocenters. The van der Waals surface area contributed by atoms with Crippen LogP contribution in [-0.2, 0) is 0 Å². The molecule has 4 rings (SSSR count). The molecule has 0 N–H and O–H groups in total. The molecule has 2 bridgehead atoms. The van der Waals surface area contributed by atoms with Gasteiger partial charge in [0.1, 0.15) is 6.61 Å². The van der Waals surface area contributed by atoms with E-state index in [9.17, 15) is 0 Å². The van der Waals surface area contributed by atoms with Gasteiger partial charge in [-0.05, 0) is 31.2 Å². The zero-order chi connectivity index (χ0) is 12.4. The number of fused-ring (bicyclic) bond motifs is 3. The lowest BCUT2D eigenvalue weighted by molar-refractivity contribution is -0.0184. The summed E-state index contributed by atoms with van der Waals surface area (Å²) >= 11 is 0. The molecule has 0 spiro atoms. The molecular weight excluding hydrogens is 226 g/mol. The fourth-order valence-corrected chi connectivity index (χ4v) is 3.43. The highest BCUT2D eigenvalue weighted by molar-refractivity contribution is 5.02. The minimum absolute atomic E-state index is 0.577. The fourth-order valence-electron chi connectivity index (χ4n) is 3.43. The van der Waals surface area contributed by atoms with E-state index < -0.39 is 0 Å². The second kappa shape index (κ2) is 5.22. The molecule has 0 saturated carbocycles. The summed E-state index contributed by atoms with van der Waals surface area (Å²) in [4.78, 5) is 10.8. The van der Waals surface area contributed by atoms with Crippen LogP contribution in [0.2, 0.25) is 0 Å². The Bertz CT molecular complexity index is 384. The molecule has 0 radical (unpaired) electrons. The second-order valence-corrected chi connectivity index (χ2v) is 5.46. The smallest absolute Gasteiger partial charge is 0.232 e. The zero-order valence-corrected chi connectivity index (χ0v) is 11.0. The molecule has 3 aliphatic rings. The molecule has 4 heteroatoms. The van der Waals surface area contributed by atoms with Crippen molar-refractivity contribution in [3.8, 4) is 5.88 Å². The average Bonchev–Trinajstić information content (AvgIpc) is 2.46. The SMILES string of the molecule is CC[C@H]1CN2CCC1C[C@H]2COc1cnccn1. The first-order chi connectivity index (χ1) is 8.86. The molecular formula is C14H21N3O. The first-order valence-electron chi connectivity index (χ1n) is 6.99. The van der Waals surface area contributed by atoms with Crippen LogP contribution >= 0.6 is 0 Å². The Morgan fingerprint density at radius 1 is 1.44 bits per heavy atom. The van der Waals surface area contributed by atoms with Gasteiger partial charge in [0.2, 0.25) is 5.88 Å². The van der Waals surface area contributed by atoms with Crippen LogP contribution in [0.25, 0.3) is 0 Å². The van der Waals surface area contributed by atoms with Crippen LogP contribution in [0.3, 0.4) is 0 Å². The minimum Gasteiger partial charge on any atom is -0.475 e. The molecule has 4 atom stereocenters. The molecule has 0 amide bonds. The summed E-state index contributed by atoms with van der Waals surface area (Å²) in [7, 11) is 0. The van der Waals surface area contributed by atoms with E-state index in [4.69, 9.17) is 4.74 Å². The van der Waals surface area contributed by atoms with Gasteiger partial charge in [0.15, 0.2) is 0 Å². The first-order valence-corrected chi connectivity index (χ1v) is 6.99. The Hall–Kier alpha value is -1.16. The van der Waals surface area contributed by atoms with Crippen LogP contribution < -0.4 is 4.74 Å². The van der Waals surface area contributed by atoms with E-state index in [-0.39, 0.29) is 0 Å². The van der Waals surface area contributed by atoms with Gasteiger partial charge in [-0.2, -0.15) is 0 Å². The highest BCUT2D eigenvalue weighted by atomic mass is 16.5. The van der Waals surface area contributed by atoms with Crippen LogP contribution in [-0.4, -0.2) is 40.6 Å². The molecule has 1 aromatic rings. The summed E-state index contributed by atoms with van der Waals surface area (Å²) in [5, 5.41) is 0. The molecule has 0 aromatic carbocycles. The lowest BCUT2D eigenvalue weighted by Gasteiger charge is -2.49. The van der Waals surface area contributed by atoms with Gasteiger partial charge in [0.05, 0.1) is 6.20 Å². The highest BCUT2D eigenvalue weighted by Crippen LogP contribution is 2.37. The maximum Gasteiger partial charge on any atom is 0.232 e. The molecule has 18 heavy (non-hydrogen) atoms. The van der Waals surface area contributed by atoms with Crippen LogP contribution in [0, 0.1) is 11.8 Å². The van der Waals surface area contributed by atoms with Crippen molar-refractivity contribution in [1.29, 1.82) is 0 Å². The lowest BCUT2D eigenvalue weighted by Crippen LogP contribution is -2.55. The zero-order valence-electron chi connectivity index (χ0n) is 11.0. The van der Waals surface area contributed by atoms with Gasteiger partial charge in [0, 0.05) is 25.0 Å². The number of hydrogen-bond acceptors (Lipinski definition) is 4. The van der Waals surface area contributed by atoms with E-state index >= 15 is 0 Å². The summed E-state index contributed by atoms with van der Waals surface area (Å²) in [5.41, 5.74) is 0. The number of nitrogens with zero attached hydrogens (tertiary/aromatic N) is 3. The van der Waals surface area contributed by atoms with Crippen LogP contribution in [0.1, 0.15) is 26.2 Å². The first kappa shape index (κ1) is 11.9. The molecule has 4 heterocycles. The third kappa shape index (κ3) is 2.34. The Morgan fingerprint density at radius 2 is 2.39 bits per heavy atom. The summed E-state index contributed by atoms with van der Waals surface area (Å²) in [6, 6.07) is 0.577. The largest absolute Gasteiger partial charge is 0.475 e. The van der Waals surface area contributed by atoms with E-state index in [1.807, 2.05) is 0 Å². The monoisotopic (exact) mass is 247 g/mol. The van der Waals surface area contributed by atoms with Crippen molar-refractivity contribution in [2.75, 3.05) is 19.7 Å². The van der Waals surface area contributed by atoms with Crippen molar-refractivity contribution in [3.05, 3.63) is 18.6 Å². The summed E-state index contributed by atoms with van der Waals surface area (Å²) in [6.45, 7) is 5.58. The fraction of sp³-hybridized carbons (Fsp3) is 0.714. The Kier molecular flexibility index (Phi) is 3.46. The Morgan fingerprint density at radius 3 is 3.06 bits per heavy atom. The highest BCUT2D eigenvalue weighted by Gasteiger charge is 2.39. The molecule has 1 aromatic heterocycles. The summed E-state index contributed by atoms with van der Waals surface area (Å²) in [5.74, 6) is 2.47. The van der Waals surface area contributed by atoms with Gasteiger partial charge in [-0.3, -0.25) is 9.88 Å². The third-order valence-electron chi connectivity index (χ3n) is 4.50. The molecule has 0 aliphatic carbocycles. The van der Waals surface area contributed by atoms with Crippen molar-refractivity contribution in [1.82, 2.24) is 14.9 Å². The van der Waals surface area contributed by atoms with Gasteiger partial charge in [-0.25, -0.2) is 4.98 Å². The van der Waals surface area contributed by atoms with Crippen LogP contribution in [0.4, 0.5) is 0 Å². The Balaban J connectivity index is 1.56. The van der Waals surface area contributed by atoms with Crippen LogP contribution in [0.15, 0.2) is 18.6 Å². The standard InChI is InChI=1S/C14H21N3O/c1-2-11-9-17-6-3-12(11)7-13(17)10-18-14-8-15-4-5-16-14/h4-5,8,11-13H,2-3,6-7,9-10H2,1H3/t11-,12?,13-/m0/s1. The number of hydrogen-bond donors (Lipinski definition) is 0. The number of rotatable bonds is 4. The number of aromatic nitrogens is 2. The van der Waals surface area contributed by atoms with E-state index in [0.717, 1.165) is 18.4 Å². The van der Waals surface area contributed by atoms with Crippen molar-refractivity contribution < 1.29 is 4.74 Å². The number of piperidine rings is 3. The summed E-state index contributed by atoms with van der Waals surface area (Å²) < 4.78 is 5.75. The Labute approximate surface area is 108 Å². The second-order valence-electron chi connectivity index (χ2n) is 5.46. The van der Waals surface area contributed by atoms with Gasteiger partial charge in [-0.1, -0.05) is 13.3 Å². The van der Waals surface area contributed by atoms with Crippen molar-refractivity contribution in [3.63, 3.8) is 0 Å². The maximum absolute atomic E-state index is 5.75. The quantitative estimate of drug-likeness (QED) is 0.815. The van der Waals surface area contributed by atoms with Gasteiger partial charge in [0.25, 0.3) is 0 Å². The van der Waals surface area contributed by atoms with Gasteiger partial charge >= 0.3 is 0 Å². The van der Waals surface area contributed by atoms with Crippen LogP contribution in [0.5, 0.6) is 5.88 Å². The lowest BCUT2D eigenvalue weighted by atomic mass is 9.75. The number of ether oxygens (including phenoxy) is 1. The predicted octanol–water partition coefficient (Wildman–Crippen LogP) is 1.98. The molecule has 3 aliphatic heterocycles. The average molecular weight is 247 g/mol. The van der Waals surface area contributed by atoms with E-state index in [0.29, 0.717) is 11.9 Å². The van der Waals surface area contributed by atoms with Crippen molar-refractivity contribution in [2.45, 2.75) is 32.2 Å². The van der Waals surface area contributed by atoms with Gasteiger partial charge in [-0.15, -0.1) is 0 Å². The van der Waals surface area contributed by atoms with E-state index in [1.165, 1.54) is 32.4 Å². The van der Waals surface area contributed by atoms with E-state index in [2.05, 4.69) is 21.8 Å². The predicted molar refractivity (Wildman–Crippen MR) is 69.4 cm³/mol. The van der Waals surface area contributed by atoms with Gasteiger partial charge < -0.3 is 4.74 Å². The minimum atomic E-state index is 0.577. The van der Waals surface area contributed by atoms with E-state index in [1.54, 1.807) is 18.6 Å². The van der Waals surface area contributed by atoms with Crippen molar-refractivity contribution >= 4 is 0 Å². The normalized spacial score (nSPS) is 34.5. The molecule has 3 fully saturated rings. The topological polar surface area (TPSA) is 38.2 Å². The third-order valence-corrected chi connectivity index (χ3v) is 4.50. The molecule has 3 saturated heterocycles. The summed E-state index contributed by atoms with van der Waals surface area (Å²) in [6.07, 6.45) is 9.02. The van der Waals surface area contributed by atoms with Crippen molar-refractivity contribution in [2.24, 2.45) is 11.8 Å².